The van der Waals surface area contributed by atoms with Gasteiger partial charge >= 0.3 is 11.9 Å². The molecule has 0 heterocycles. The summed E-state index contributed by atoms with van der Waals surface area (Å²) in [5.41, 5.74) is -1.90. The van der Waals surface area contributed by atoms with E-state index in [1.54, 1.807) is 30.3 Å². The van der Waals surface area contributed by atoms with Gasteiger partial charge < -0.3 is 9.47 Å². The lowest BCUT2D eigenvalue weighted by Gasteiger charge is -2.41. The number of rotatable bonds is 7. The van der Waals surface area contributed by atoms with Crippen LogP contribution in [0.3, 0.4) is 0 Å². The number of benzene rings is 3. The van der Waals surface area contributed by atoms with Crippen molar-refractivity contribution >= 4 is 128 Å². The molecule has 5 rings (SSSR count). The highest BCUT2D eigenvalue weighted by Crippen LogP contribution is 2.55. The van der Waals surface area contributed by atoms with Gasteiger partial charge in [0.15, 0.2) is 5.92 Å². The van der Waals surface area contributed by atoms with Gasteiger partial charge in [0, 0.05) is 11.1 Å². The third kappa shape index (κ3) is 7.18. The fourth-order valence-corrected chi connectivity index (χ4v) is 9.54. The maximum atomic E-state index is 14.4. The van der Waals surface area contributed by atoms with Crippen LogP contribution in [0, 0.1) is 0 Å². The summed E-state index contributed by atoms with van der Waals surface area (Å²) >= 11 is 65.3. The minimum atomic E-state index is -1.53. The van der Waals surface area contributed by atoms with Crippen LogP contribution < -0.4 is 0 Å². The fraction of sp³-hybridized carbons (Fsp3) is 0.394. The van der Waals surface area contributed by atoms with Crippen molar-refractivity contribution in [1.29, 1.82) is 0 Å². The molecule has 3 aromatic rings. The zero-order valence-electron chi connectivity index (χ0n) is 24.4. The Morgan fingerprint density at radius 2 is 0.766 bits per heavy atom. The van der Waals surface area contributed by atoms with Crippen molar-refractivity contribution in [3.8, 4) is 0 Å². The van der Waals surface area contributed by atoms with Crippen molar-refractivity contribution in [3.63, 3.8) is 0 Å². The Morgan fingerprint density at radius 3 is 1.09 bits per heavy atom. The van der Waals surface area contributed by atoms with E-state index in [9.17, 15) is 9.59 Å². The summed E-state index contributed by atoms with van der Waals surface area (Å²) < 4.78 is 12.7. The molecule has 0 aromatic heterocycles. The van der Waals surface area contributed by atoms with E-state index < -0.39 is 29.1 Å². The lowest BCUT2D eigenvalue weighted by atomic mass is 9.78. The van der Waals surface area contributed by atoms with Gasteiger partial charge in [0.05, 0.1) is 50.2 Å². The Balaban J connectivity index is 1.60. The van der Waals surface area contributed by atoms with E-state index in [1.165, 1.54) is 0 Å². The maximum absolute atomic E-state index is 14.4. The van der Waals surface area contributed by atoms with E-state index in [4.69, 9.17) is 125 Å². The van der Waals surface area contributed by atoms with Crippen LogP contribution in [0.5, 0.6) is 0 Å². The molecule has 2 aliphatic rings. The standard InChI is InChI=1S/C33H26Cl10O4/c34-20-18(21(35)25(39)28(42)24(20)38)32(12-6-2-7-13-32)46-30(44)17(16-10-4-1-5-11-16)31(45)47-33(14-8-3-9-15-33)19-22(36)26(40)29(43)27(41)23(19)37/h1,4-5,10-11,17H,2-3,6-9,12-15H2. The van der Waals surface area contributed by atoms with Gasteiger partial charge in [-0.1, -0.05) is 159 Å². The van der Waals surface area contributed by atoms with Crippen molar-refractivity contribution in [2.24, 2.45) is 0 Å². The maximum Gasteiger partial charge on any atom is 0.325 e. The lowest BCUT2D eigenvalue weighted by molar-refractivity contribution is -0.180. The largest absolute Gasteiger partial charge is 0.453 e. The topological polar surface area (TPSA) is 52.6 Å². The van der Waals surface area contributed by atoms with Crippen LogP contribution in [0.1, 0.15) is 86.8 Å². The number of ether oxygens (including phenoxy) is 2. The molecule has 14 heteroatoms. The second kappa shape index (κ2) is 15.4. The molecular weight excluding hydrogens is 815 g/mol. The summed E-state index contributed by atoms with van der Waals surface area (Å²) in [7, 11) is 0. The Morgan fingerprint density at radius 1 is 0.468 bits per heavy atom. The second-order valence-electron chi connectivity index (χ2n) is 11.7. The molecule has 0 unspecified atom stereocenters. The lowest BCUT2D eigenvalue weighted by Crippen LogP contribution is -2.42. The highest BCUT2D eigenvalue weighted by molar-refractivity contribution is 6.56. The number of esters is 2. The number of carbonyl (C=O) groups is 2. The molecular formula is C33H26Cl10O4. The molecule has 252 valence electrons. The first-order chi connectivity index (χ1) is 22.3. The minimum absolute atomic E-state index is 0.0153. The molecule has 0 amide bonds. The van der Waals surface area contributed by atoms with E-state index in [-0.39, 0.29) is 61.4 Å². The second-order valence-corrected chi connectivity index (χ2v) is 15.5. The molecule has 0 spiro atoms. The molecule has 0 atom stereocenters. The predicted octanol–water partition coefficient (Wildman–Crippen LogP) is 14.1. The highest BCUT2D eigenvalue weighted by Gasteiger charge is 2.49. The van der Waals surface area contributed by atoms with E-state index >= 15 is 0 Å². The first-order valence-corrected chi connectivity index (χ1v) is 18.6. The molecule has 2 aliphatic carbocycles. The van der Waals surface area contributed by atoms with E-state index in [0.29, 0.717) is 56.9 Å². The van der Waals surface area contributed by atoms with Gasteiger partial charge in [-0.25, -0.2) is 0 Å². The van der Waals surface area contributed by atoms with Gasteiger partial charge in [-0.3, -0.25) is 9.59 Å². The third-order valence-electron chi connectivity index (χ3n) is 8.85. The first-order valence-electron chi connectivity index (χ1n) is 14.8. The van der Waals surface area contributed by atoms with Crippen molar-refractivity contribution in [2.45, 2.75) is 81.3 Å². The Bertz CT molecular complexity index is 1540. The molecule has 0 N–H and O–H groups in total. The smallest absolute Gasteiger partial charge is 0.325 e. The summed E-state index contributed by atoms with van der Waals surface area (Å²) in [6.07, 6.45) is 5.85. The summed E-state index contributed by atoms with van der Waals surface area (Å²) in [5.74, 6) is -3.29. The fourth-order valence-electron chi connectivity index (χ4n) is 6.58. The van der Waals surface area contributed by atoms with E-state index in [2.05, 4.69) is 0 Å². The number of hydrogen-bond donors (Lipinski definition) is 0. The number of carbonyl (C=O) groups excluding carboxylic acids is 2. The van der Waals surface area contributed by atoms with Crippen molar-refractivity contribution in [2.75, 3.05) is 0 Å². The van der Waals surface area contributed by atoms with Crippen LogP contribution in [0.15, 0.2) is 30.3 Å². The zero-order valence-corrected chi connectivity index (χ0v) is 32.0. The summed E-state index contributed by atoms with van der Waals surface area (Å²) in [5, 5.41) is -0.0689. The minimum Gasteiger partial charge on any atom is -0.453 e. The van der Waals surface area contributed by atoms with Gasteiger partial charge in [0.2, 0.25) is 0 Å². The molecule has 3 aromatic carbocycles. The summed E-state index contributed by atoms with van der Waals surface area (Å²) in [6, 6.07) is 8.45. The molecule has 4 nitrogen and oxygen atoms in total. The molecule has 0 bridgehead atoms. The van der Waals surface area contributed by atoms with Gasteiger partial charge in [-0.2, -0.15) is 0 Å². The Labute approximate surface area is 323 Å². The van der Waals surface area contributed by atoms with Crippen LogP contribution in [0.4, 0.5) is 0 Å². The van der Waals surface area contributed by atoms with Gasteiger partial charge in [0.25, 0.3) is 0 Å². The summed E-state index contributed by atoms with van der Waals surface area (Å²) in [6.45, 7) is 0. The van der Waals surface area contributed by atoms with E-state index in [1.807, 2.05) is 0 Å². The highest BCUT2D eigenvalue weighted by atomic mass is 35.5. The van der Waals surface area contributed by atoms with Crippen LogP contribution in [0.2, 0.25) is 50.2 Å². The zero-order chi connectivity index (χ0) is 34.3. The third-order valence-corrected chi connectivity index (χ3v) is 13.4. The van der Waals surface area contributed by atoms with Crippen molar-refractivity contribution in [3.05, 3.63) is 97.2 Å². The molecule has 0 radical (unpaired) electrons. The number of halogens is 10. The van der Waals surface area contributed by atoms with Crippen LogP contribution >= 0.6 is 116 Å². The monoisotopic (exact) mass is 836 g/mol. The Hall–Kier alpha value is -0.500. The molecule has 0 aliphatic heterocycles. The quantitative estimate of drug-likeness (QED) is 0.103. The Kier molecular flexibility index (Phi) is 12.4. The normalized spacial score (nSPS) is 17.4. The van der Waals surface area contributed by atoms with Crippen molar-refractivity contribution in [1.82, 2.24) is 0 Å². The van der Waals surface area contributed by atoms with E-state index in [0.717, 1.165) is 12.8 Å². The van der Waals surface area contributed by atoms with Gasteiger partial charge in [-0.15, -0.1) is 0 Å². The summed E-state index contributed by atoms with van der Waals surface area (Å²) in [4.78, 5) is 28.9. The molecule has 2 saturated carbocycles. The first kappa shape index (κ1) is 37.7. The number of hydrogen-bond acceptors (Lipinski definition) is 4. The molecule has 0 saturated heterocycles. The SMILES string of the molecule is O=C(OC1(c2c(Cl)c(Cl)c(Cl)c(Cl)c2Cl)CCCCC1)C(C(=O)OC1(c2c(Cl)c(Cl)c(Cl)c(Cl)c2Cl)CCCCC1)c1ccccc1. The van der Waals surface area contributed by atoms with Gasteiger partial charge in [-0.05, 0) is 56.9 Å². The molecule has 2 fully saturated rings. The van der Waals surface area contributed by atoms with Crippen molar-refractivity contribution < 1.29 is 19.1 Å². The van der Waals surface area contributed by atoms with Crippen LogP contribution in [0.25, 0.3) is 0 Å². The average Bonchev–Trinajstić information content (AvgIpc) is 3.06. The van der Waals surface area contributed by atoms with Crippen LogP contribution in [-0.2, 0) is 30.3 Å². The molecule has 47 heavy (non-hydrogen) atoms. The van der Waals surface area contributed by atoms with Gasteiger partial charge in [0.1, 0.15) is 11.2 Å². The predicted molar refractivity (Wildman–Crippen MR) is 194 cm³/mol. The average molecular weight is 841 g/mol. The van der Waals surface area contributed by atoms with Crippen LogP contribution in [-0.4, -0.2) is 11.9 Å².